The first-order chi connectivity index (χ1) is 13.7. The molecule has 1 unspecified atom stereocenters. The van der Waals surface area contributed by atoms with Crippen LogP contribution in [-0.4, -0.2) is 81.3 Å². The topological polar surface area (TPSA) is 43.3 Å². The fourth-order valence-corrected chi connectivity index (χ4v) is 4.34. The Hall–Kier alpha value is -1.39. The molecule has 0 aliphatic carbocycles. The van der Waals surface area contributed by atoms with Gasteiger partial charge in [0.1, 0.15) is 5.82 Å². The molecule has 0 amide bonds. The van der Waals surface area contributed by atoms with Crippen molar-refractivity contribution in [1.29, 1.82) is 0 Å². The van der Waals surface area contributed by atoms with E-state index < -0.39 is 0 Å². The summed E-state index contributed by atoms with van der Waals surface area (Å²) in [6, 6.07) is 5.63. The number of halogens is 2. The van der Waals surface area contributed by atoms with E-state index in [2.05, 4.69) is 37.2 Å². The molecule has 1 aromatic carbocycles. The first-order valence-corrected chi connectivity index (χ1v) is 10.2. The van der Waals surface area contributed by atoms with E-state index in [1.807, 2.05) is 13.1 Å². The van der Waals surface area contributed by atoms with Crippen molar-refractivity contribution >= 4 is 35.6 Å². The molecule has 1 aromatic rings. The van der Waals surface area contributed by atoms with E-state index >= 15 is 0 Å². The average molecular weight is 515 g/mol. The molecule has 3 aliphatic rings. The second-order valence-electron chi connectivity index (χ2n) is 7.59. The number of nitrogens with one attached hydrogen (secondary N) is 1. The number of likely N-dealkylation sites (tertiary alicyclic amines) is 1. The van der Waals surface area contributed by atoms with Crippen LogP contribution in [0.4, 0.5) is 10.1 Å². The van der Waals surface area contributed by atoms with Crippen LogP contribution in [0.1, 0.15) is 12.0 Å². The van der Waals surface area contributed by atoms with Crippen molar-refractivity contribution in [3.63, 3.8) is 0 Å². The van der Waals surface area contributed by atoms with Crippen LogP contribution in [0.15, 0.2) is 35.3 Å². The predicted octanol–water partition coefficient (Wildman–Crippen LogP) is 2.30. The minimum absolute atomic E-state index is 0. The van der Waals surface area contributed by atoms with E-state index in [1.165, 1.54) is 6.07 Å². The second-order valence-corrected chi connectivity index (χ2v) is 7.59. The molecule has 8 heteroatoms. The third-order valence-corrected chi connectivity index (χ3v) is 5.87. The molecular formula is C21H31FIN5O. The van der Waals surface area contributed by atoms with E-state index in [0.717, 1.165) is 62.9 Å². The van der Waals surface area contributed by atoms with E-state index in [4.69, 9.17) is 4.74 Å². The number of morpholine rings is 1. The molecule has 0 bridgehead atoms. The van der Waals surface area contributed by atoms with Crippen LogP contribution < -0.4 is 10.2 Å². The molecule has 3 aliphatic heterocycles. The third kappa shape index (κ3) is 5.40. The average Bonchev–Trinajstić information content (AvgIpc) is 3.41. The number of rotatable bonds is 4. The Kier molecular flexibility index (Phi) is 8.14. The summed E-state index contributed by atoms with van der Waals surface area (Å²) in [5, 5.41) is 3.46. The molecule has 0 aromatic heterocycles. The van der Waals surface area contributed by atoms with Crippen LogP contribution in [0, 0.1) is 5.82 Å². The predicted molar refractivity (Wildman–Crippen MR) is 126 cm³/mol. The van der Waals surface area contributed by atoms with Gasteiger partial charge in [-0.1, -0.05) is 12.2 Å². The van der Waals surface area contributed by atoms with E-state index in [9.17, 15) is 4.39 Å². The molecular weight excluding hydrogens is 484 g/mol. The lowest BCUT2D eigenvalue weighted by atomic mass is 10.1. The van der Waals surface area contributed by atoms with E-state index in [1.54, 1.807) is 6.07 Å². The van der Waals surface area contributed by atoms with Gasteiger partial charge in [-0.05, 0) is 30.2 Å². The molecule has 0 radical (unpaired) electrons. The molecule has 6 nitrogen and oxygen atoms in total. The van der Waals surface area contributed by atoms with Crippen molar-refractivity contribution in [2.24, 2.45) is 4.99 Å². The Morgan fingerprint density at radius 1 is 1.21 bits per heavy atom. The van der Waals surface area contributed by atoms with Crippen LogP contribution in [0.5, 0.6) is 0 Å². The summed E-state index contributed by atoms with van der Waals surface area (Å²) in [7, 11) is 1.82. The van der Waals surface area contributed by atoms with Crippen LogP contribution in [0.3, 0.4) is 0 Å². The van der Waals surface area contributed by atoms with Crippen LogP contribution >= 0.6 is 24.0 Å². The van der Waals surface area contributed by atoms with Gasteiger partial charge in [-0.25, -0.2) is 4.39 Å². The first kappa shape index (κ1) is 22.3. The Morgan fingerprint density at radius 3 is 2.69 bits per heavy atom. The number of hydrogen-bond donors (Lipinski definition) is 1. The maximum atomic E-state index is 13.9. The zero-order valence-corrected chi connectivity index (χ0v) is 19.3. The highest BCUT2D eigenvalue weighted by atomic mass is 127. The number of ether oxygens (including phenoxy) is 1. The molecule has 29 heavy (non-hydrogen) atoms. The monoisotopic (exact) mass is 515 g/mol. The largest absolute Gasteiger partial charge is 0.378 e. The highest BCUT2D eigenvalue weighted by molar-refractivity contribution is 14.0. The summed E-state index contributed by atoms with van der Waals surface area (Å²) in [4.78, 5) is 11.6. The molecule has 4 rings (SSSR count). The number of guanidine groups is 1. The molecule has 3 heterocycles. The number of anilines is 1. The summed E-state index contributed by atoms with van der Waals surface area (Å²) in [6.45, 7) is 7.76. The van der Waals surface area contributed by atoms with Crippen LogP contribution in [0.25, 0.3) is 0 Å². The lowest BCUT2D eigenvalue weighted by Crippen LogP contribution is -2.43. The normalized spacial score (nSPS) is 22.8. The first-order valence-electron chi connectivity index (χ1n) is 10.2. The zero-order chi connectivity index (χ0) is 19.3. The standard InChI is InChI=1S/C21H30FN5O.HI/c1-23-21(27-9-6-19(16-27)25-7-2-3-8-25)24-15-17-14-18(22)4-5-20(17)26-10-12-28-13-11-26;/h2-5,14,19H,6-13,15-16H2,1H3,(H,23,24);1H. The smallest absolute Gasteiger partial charge is 0.193 e. The minimum Gasteiger partial charge on any atom is -0.378 e. The summed E-state index contributed by atoms with van der Waals surface area (Å²) in [5.41, 5.74) is 2.04. The lowest BCUT2D eigenvalue weighted by molar-refractivity contribution is 0.122. The molecule has 160 valence electrons. The van der Waals surface area contributed by atoms with Gasteiger partial charge < -0.3 is 19.9 Å². The van der Waals surface area contributed by atoms with Crippen molar-refractivity contribution in [3.05, 3.63) is 41.7 Å². The second kappa shape index (κ2) is 10.6. The van der Waals surface area contributed by atoms with Gasteiger partial charge in [-0.15, -0.1) is 24.0 Å². The Bertz CT molecular complexity index is 730. The molecule has 2 saturated heterocycles. The lowest BCUT2D eigenvalue weighted by Gasteiger charge is -2.31. The SMILES string of the molecule is CN=C(NCc1cc(F)ccc1N1CCOCC1)N1CCC(N2CC=CC2)C1.I. The summed E-state index contributed by atoms with van der Waals surface area (Å²) in [6.07, 6.45) is 5.64. The third-order valence-electron chi connectivity index (χ3n) is 5.87. The zero-order valence-electron chi connectivity index (χ0n) is 17.0. The summed E-state index contributed by atoms with van der Waals surface area (Å²) in [5.74, 6) is 0.693. The maximum absolute atomic E-state index is 13.9. The summed E-state index contributed by atoms with van der Waals surface area (Å²) < 4.78 is 19.4. The van der Waals surface area contributed by atoms with Crippen LogP contribution in [-0.2, 0) is 11.3 Å². The van der Waals surface area contributed by atoms with Gasteiger partial charge in [0.25, 0.3) is 0 Å². The quantitative estimate of drug-likeness (QED) is 0.289. The van der Waals surface area contributed by atoms with Crippen molar-refractivity contribution in [2.75, 3.05) is 64.4 Å². The van der Waals surface area contributed by atoms with Gasteiger partial charge in [0.2, 0.25) is 0 Å². The van der Waals surface area contributed by atoms with Gasteiger partial charge in [0.05, 0.1) is 13.2 Å². The molecule has 2 fully saturated rings. The van der Waals surface area contributed by atoms with Gasteiger partial charge in [0, 0.05) is 64.6 Å². The van der Waals surface area contributed by atoms with Crippen molar-refractivity contribution in [2.45, 2.75) is 19.0 Å². The van der Waals surface area contributed by atoms with Crippen molar-refractivity contribution in [3.8, 4) is 0 Å². The highest BCUT2D eigenvalue weighted by Crippen LogP contribution is 2.23. The molecule has 0 saturated carbocycles. The van der Waals surface area contributed by atoms with Gasteiger partial charge >= 0.3 is 0 Å². The van der Waals surface area contributed by atoms with Gasteiger partial charge in [-0.2, -0.15) is 0 Å². The number of nitrogens with zero attached hydrogens (tertiary/aromatic N) is 4. The Morgan fingerprint density at radius 2 is 1.97 bits per heavy atom. The molecule has 1 atom stereocenters. The Labute approximate surface area is 189 Å². The van der Waals surface area contributed by atoms with Crippen molar-refractivity contribution < 1.29 is 9.13 Å². The number of aliphatic imine (C=N–C) groups is 1. The minimum atomic E-state index is -0.202. The molecule has 0 spiro atoms. The van der Waals surface area contributed by atoms with Crippen molar-refractivity contribution in [1.82, 2.24) is 15.1 Å². The fourth-order valence-electron chi connectivity index (χ4n) is 4.34. The van der Waals surface area contributed by atoms with Crippen LogP contribution in [0.2, 0.25) is 0 Å². The van der Waals surface area contributed by atoms with Gasteiger partial charge in [-0.3, -0.25) is 9.89 Å². The highest BCUT2D eigenvalue weighted by Gasteiger charge is 2.29. The number of hydrogen-bond acceptors (Lipinski definition) is 4. The van der Waals surface area contributed by atoms with E-state index in [-0.39, 0.29) is 29.8 Å². The molecule has 1 N–H and O–H groups in total. The Balaban J connectivity index is 0.00000240. The number of benzene rings is 1. The van der Waals surface area contributed by atoms with Gasteiger partial charge in [0.15, 0.2) is 5.96 Å². The maximum Gasteiger partial charge on any atom is 0.193 e. The van der Waals surface area contributed by atoms with E-state index in [0.29, 0.717) is 25.8 Å². The fraction of sp³-hybridized carbons (Fsp3) is 0.571. The summed E-state index contributed by atoms with van der Waals surface area (Å²) >= 11 is 0.